The number of carbonyl (C=O) groups is 1. The number of aromatic nitrogens is 4. The van der Waals surface area contributed by atoms with E-state index >= 15 is 0 Å². The highest BCUT2D eigenvalue weighted by molar-refractivity contribution is 5.99. The number of alkyl halides is 3. The van der Waals surface area contributed by atoms with Crippen LogP contribution in [0.1, 0.15) is 48.6 Å². The number of urea groups is 1. The number of anilines is 6. The number of nitrogens with one attached hydrogen (secondary N) is 5. The van der Waals surface area contributed by atoms with Gasteiger partial charge in [0.1, 0.15) is 5.82 Å². The molecule has 0 spiro atoms. The Labute approximate surface area is 222 Å². The molecule has 0 bridgehead atoms. The van der Waals surface area contributed by atoms with Crippen molar-refractivity contribution in [1.29, 1.82) is 0 Å². The third kappa shape index (κ3) is 6.83. The highest BCUT2D eigenvalue weighted by Gasteiger charge is 2.30. The molecule has 1 saturated carbocycles. The minimum absolute atomic E-state index is 0.0335. The molecule has 0 atom stereocenters. The molecule has 0 unspecified atom stereocenters. The van der Waals surface area contributed by atoms with Crippen LogP contribution in [0, 0.1) is 6.92 Å². The molecule has 5 rings (SSSR count). The fourth-order valence-corrected chi connectivity index (χ4v) is 4.50. The fraction of sp³-hybridized carbons (Fsp3) is 0.259. The van der Waals surface area contributed by atoms with Crippen LogP contribution in [-0.2, 0) is 6.18 Å². The third-order valence-electron chi connectivity index (χ3n) is 6.35. The quantitative estimate of drug-likeness (QED) is 0.169. The zero-order chi connectivity index (χ0) is 27.4. The van der Waals surface area contributed by atoms with Crippen LogP contribution in [0.2, 0.25) is 0 Å². The van der Waals surface area contributed by atoms with E-state index in [4.69, 9.17) is 0 Å². The first-order valence-electron chi connectivity index (χ1n) is 12.5. The number of benzene rings is 2. The molecule has 202 valence electrons. The molecular formula is C27H27F3N8O. The van der Waals surface area contributed by atoms with E-state index in [1.54, 1.807) is 24.3 Å². The van der Waals surface area contributed by atoms with E-state index in [0.29, 0.717) is 34.9 Å². The number of hydrogen-bond acceptors (Lipinski definition) is 6. The predicted octanol–water partition coefficient (Wildman–Crippen LogP) is 7.32. The fourth-order valence-electron chi connectivity index (χ4n) is 4.50. The van der Waals surface area contributed by atoms with Crippen LogP contribution in [0.15, 0.2) is 60.7 Å². The molecular weight excluding hydrogens is 509 g/mol. The first-order chi connectivity index (χ1) is 18.7. The van der Waals surface area contributed by atoms with E-state index in [1.807, 2.05) is 19.1 Å². The number of aromatic amines is 1. The number of halogens is 3. The van der Waals surface area contributed by atoms with Gasteiger partial charge in [-0.15, -0.1) is 0 Å². The Kier molecular flexibility index (Phi) is 7.35. The van der Waals surface area contributed by atoms with Crippen LogP contribution in [0.25, 0.3) is 0 Å². The Morgan fingerprint density at radius 1 is 0.872 bits per heavy atom. The normalized spacial score (nSPS) is 13.7. The Morgan fingerprint density at radius 2 is 1.59 bits per heavy atom. The van der Waals surface area contributed by atoms with Gasteiger partial charge in [-0.25, -0.2) is 9.78 Å². The zero-order valence-electron chi connectivity index (χ0n) is 21.1. The average molecular weight is 537 g/mol. The second kappa shape index (κ2) is 11.0. The van der Waals surface area contributed by atoms with Crippen LogP contribution in [0.4, 0.5) is 52.6 Å². The minimum atomic E-state index is -4.49. The Morgan fingerprint density at radius 3 is 2.33 bits per heavy atom. The maximum absolute atomic E-state index is 12.9. The van der Waals surface area contributed by atoms with Gasteiger partial charge in [0.05, 0.1) is 5.56 Å². The molecule has 1 aliphatic carbocycles. The molecule has 2 amide bonds. The first-order valence-corrected chi connectivity index (χ1v) is 12.5. The predicted molar refractivity (Wildman–Crippen MR) is 144 cm³/mol. The first kappa shape index (κ1) is 26.0. The topological polar surface area (TPSA) is 120 Å². The maximum atomic E-state index is 12.9. The Bertz CT molecular complexity index is 1450. The Balaban J connectivity index is 1.19. The molecule has 12 heteroatoms. The third-order valence-corrected chi connectivity index (χ3v) is 6.35. The van der Waals surface area contributed by atoms with Crippen molar-refractivity contribution in [3.8, 4) is 0 Å². The lowest BCUT2D eigenvalue weighted by Gasteiger charge is -2.12. The lowest BCUT2D eigenvalue weighted by Crippen LogP contribution is -2.19. The lowest BCUT2D eigenvalue weighted by molar-refractivity contribution is -0.137. The van der Waals surface area contributed by atoms with Crippen molar-refractivity contribution in [2.45, 2.75) is 44.7 Å². The van der Waals surface area contributed by atoms with Crippen molar-refractivity contribution in [1.82, 2.24) is 20.2 Å². The van der Waals surface area contributed by atoms with Gasteiger partial charge in [-0.2, -0.15) is 23.3 Å². The molecule has 2 aromatic heterocycles. The summed E-state index contributed by atoms with van der Waals surface area (Å²) in [5, 5.41) is 18.9. The SMILES string of the molecule is Cc1cc(Nc2cc(C3CCCC3)[nH]n2)nc(Nc2ccc(NC(=O)Nc3cccc(C(F)(F)F)c3)cc2)n1. The van der Waals surface area contributed by atoms with Gasteiger partial charge in [0.25, 0.3) is 0 Å². The largest absolute Gasteiger partial charge is 0.416 e. The van der Waals surface area contributed by atoms with Crippen molar-refractivity contribution in [2.24, 2.45) is 0 Å². The molecule has 1 aliphatic rings. The van der Waals surface area contributed by atoms with Gasteiger partial charge < -0.3 is 21.3 Å². The molecule has 9 nitrogen and oxygen atoms in total. The lowest BCUT2D eigenvalue weighted by atomic mass is 10.0. The summed E-state index contributed by atoms with van der Waals surface area (Å²) in [7, 11) is 0. The number of rotatable bonds is 7. The Hall–Kier alpha value is -4.61. The number of nitrogens with zero attached hydrogens (tertiary/aromatic N) is 3. The van der Waals surface area contributed by atoms with E-state index < -0.39 is 17.8 Å². The second-order valence-corrected chi connectivity index (χ2v) is 9.39. The molecule has 4 aromatic rings. The molecule has 0 radical (unpaired) electrons. The van der Waals surface area contributed by atoms with Crippen LogP contribution in [0.3, 0.4) is 0 Å². The van der Waals surface area contributed by atoms with E-state index in [0.717, 1.165) is 23.5 Å². The smallest absolute Gasteiger partial charge is 0.324 e. The van der Waals surface area contributed by atoms with Crippen LogP contribution in [-0.4, -0.2) is 26.2 Å². The molecule has 5 N–H and O–H groups in total. The second-order valence-electron chi connectivity index (χ2n) is 9.39. The molecule has 0 aliphatic heterocycles. The van der Waals surface area contributed by atoms with E-state index in [-0.39, 0.29) is 5.69 Å². The highest BCUT2D eigenvalue weighted by atomic mass is 19.4. The van der Waals surface area contributed by atoms with E-state index in [9.17, 15) is 18.0 Å². The van der Waals surface area contributed by atoms with Crippen molar-refractivity contribution >= 4 is 40.7 Å². The molecule has 0 saturated heterocycles. The van der Waals surface area contributed by atoms with E-state index in [2.05, 4.69) is 41.4 Å². The van der Waals surface area contributed by atoms with Gasteiger partial charge in [-0.3, -0.25) is 5.10 Å². The number of aryl methyl sites for hydroxylation is 1. The summed E-state index contributed by atoms with van der Waals surface area (Å²) in [4.78, 5) is 21.2. The van der Waals surface area contributed by atoms with Crippen molar-refractivity contribution < 1.29 is 18.0 Å². The standard InChI is InChI=1S/C27H27F3N8O/c1-16-13-23(35-24-15-22(37-38-24)17-5-2-3-6-17)36-25(31-16)32-19-9-11-20(12-10-19)33-26(39)34-21-8-4-7-18(14-21)27(28,29)30/h4,7-15,17H,2-3,5-6H2,1H3,(H2,33,34,39)(H3,31,32,35,36,37,38). The van der Waals surface area contributed by atoms with Crippen molar-refractivity contribution in [3.63, 3.8) is 0 Å². The average Bonchev–Trinajstić information content (AvgIpc) is 3.57. The summed E-state index contributed by atoms with van der Waals surface area (Å²) in [6.07, 6.45) is 0.355. The summed E-state index contributed by atoms with van der Waals surface area (Å²) in [6.45, 7) is 1.86. The minimum Gasteiger partial charge on any atom is -0.324 e. The maximum Gasteiger partial charge on any atom is 0.416 e. The summed E-state index contributed by atoms with van der Waals surface area (Å²) in [5.74, 6) is 2.20. The number of amides is 2. The number of hydrogen-bond donors (Lipinski definition) is 5. The van der Waals surface area contributed by atoms with E-state index in [1.165, 1.54) is 37.8 Å². The zero-order valence-corrected chi connectivity index (χ0v) is 21.1. The van der Waals surface area contributed by atoms with Crippen molar-refractivity contribution in [3.05, 3.63) is 77.6 Å². The number of H-pyrrole nitrogens is 1. The van der Waals surface area contributed by atoms with Gasteiger partial charge in [-0.1, -0.05) is 18.9 Å². The van der Waals surface area contributed by atoms with Gasteiger partial charge in [0.15, 0.2) is 5.82 Å². The van der Waals surface area contributed by atoms with Crippen LogP contribution < -0.4 is 21.3 Å². The monoisotopic (exact) mass is 536 g/mol. The summed E-state index contributed by atoms with van der Waals surface area (Å²) in [6, 6.07) is 14.4. The van der Waals surface area contributed by atoms with Gasteiger partial charge >= 0.3 is 12.2 Å². The molecule has 39 heavy (non-hydrogen) atoms. The van der Waals surface area contributed by atoms with Crippen molar-refractivity contribution in [2.75, 3.05) is 21.3 Å². The van der Waals surface area contributed by atoms with Gasteiger partial charge in [0.2, 0.25) is 5.95 Å². The molecule has 1 fully saturated rings. The van der Waals surface area contributed by atoms with Crippen LogP contribution in [0.5, 0.6) is 0 Å². The van der Waals surface area contributed by atoms with Crippen LogP contribution >= 0.6 is 0 Å². The number of carbonyl (C=O) groups excluding carboxylic acids is 1. The summed E-state index contributed by atoms with van der Waals surface area (Å²) in [5.41, 5.74) is 2.21. The molecule has 2 aromatic carbocycles. The summed E-state index contributed by atoms with van der Waals surface area (Å²) < 4.78 is 38.7. The van der Waals surface area contributed by atoms with Gasteiger partial charge in [-0.05, 0) is 62.2 Å². The molecule has 2 heterocycles. The van der Waals surface area contributed by atoms with Gasteiger partial charge in [0, 0.05) is 46.5 Å². The summed E-state index contributed by atoms with van der Waals surface area (Å²) >= 11 is 0. The highest BCUT2D eigenvalue weighted by Crippen LogP contribution is 2.34.